The van der Waals surface area contributed by atoms with E-state index in [1.165, 1.54) is 11.8 Å². The van der Waals surface area contributed by atoms with Crippen LogP contribution in [0.25, 0.3) is 11.1 Å². The number of hydrogen-bond acceptors (Lipinski definition) is 6. The molecule has 0 saturated carbocycles. The minimum atomic E-state index is -0.218. The van der Waals surface area contributed by atoms with Gasteiger partial charge >= 0.3 is 0 Å². The largest absolute Gasteiger partial charge is 0.497 e. The second-order valence-electron chi connectivity index (χ2n) is 8.85. The van der Waals surface area contributed by atoms with Crippen LogP contribution in [0.2, 0.25) is 0 Å². The topological polar surface area (TPSA) is 80.0 Å². The van der Waals surface area contributed by atoms with Gasteiger partial charge in [0.25, 0.3) is 0 Å². The molecular weight excluding hydrogens is 432 g/mol. The highest BCUT2D eigenvalue weighted by molar-refractivity contribution is 8.00. The first-order valence-corrected chi connectivity index (χ1v) is 11.7. The van der Waals surface area contributed by atoms with E-state index in [1.807, 2.05) is 56.3 Å². The molecular formula is C27H24N2O3S. The van der Waals surface area contributed by atoms with E-state index in [1.54, 1.807) is 19.2 Å². The Morgan fingerprint density at radius 2 is 1.79 bits per heavy atom. The number of ketones is 2. The van der Waals surface area contributed by atoms with Crippen LogP contribution in [0, 0.1) is 16.7 Å². The Balaban J connectivity index is 1.82. The number of methoxy groups -OCH3 is 1. The smallest absolute Gasteiger partial charge is 0.173 e. The van der Waals surface area contributed by atoms with E-state index in [0.29, 0.717) is 51.6 Å². The third-order valence-corrected chi connectivity index (χ3v) is 6.70. The first-order chi connectivity index (χ1) is 15.8. The van der Waals surface area contributed by atoms with Crippen molar-refractivity contribution >= 4 is 23.3 Å². The van der Waals surface area contributed by atoms with Gasteiger partial charge in [0.1, 0.15) is 16.8 Å². The maximum atomic E-state index is 13.2. The number of nitriles is 1. The van der Waals surface area contributed by atoms with Crippen LogP contribution in [0.15, 0.2) is 59.6 Å². The van der Waals surface area contributed by atoms with Crippen molar-refractivity contribution in [1.82, 2.24) is 4.98 Å². The zero-order valence-corrected chi connectivity index (χ0v) is 19.7. The Bertz CT molecular complexity index is 1260. The normalized spacial score (nSPS) is 14.3. The van der Waals surface area contributed by atoms with Crippen LogP contribution in [0.1, 0.15) is 52.2 Å². The SMILES string of the molecule is COc1ccc(-c2c(C#N)c(SCC(=O)c3ccccc3)nc3c2C(=O)CC(C)(C)C3)cc1. The number of pyridine rings is 1. The van der Waals surface area contributed by atoms with E-state index >= 15 is 0 Å². The summed E-state index contributed by atoms with van der Waals surface area (Å²) in [7, 11) is 1.59. The van der Waals surface area contributed by atoms with Gasteiger partial charge in [0.2, 0.25) is 0 Å². The minimum Gasteiger partial charge on any atom is -0.497 e. The number of benzene rings is 2. The Morgan fingerprint density at radius 3 is 2.42 bits per heavy atom. The van der Waals surface area contributed by atoms with E-state index in [9.17, 15) is 14.9 Å². The molecule has 1 heterocycles. The number of Topliss-reactive ketones (excluding diaryl/α,β-unsaturated/α-hetero) is 2. The number of ether oxygens (including phenoxy) is 1. The zero-order valence-electron chi connectivity index (χ0n) is 18.8. The third-order valence-electron chi connectivity index (χ3n) is 5.73. The molecule has 4 rings (SSSR count). The summed E-state index contributed by atoms with van der Waals surface area (Å²) in [5.41, 5.74) is 3.30. The van der Waals surface area contributed by atoms with Crippen LogP contribution < -0.4 is 4.74 Å². The molecule has 0 unspecified atom stereocenters. The summed E-state index contributed by atoms with van der Waals surface area (Å²) in [6.45, 7) is 4.10. The molecule has 0 saturated heterocycles. The minimum absolute atomic E-state index is 0.00650. The van der Waals surface area contributed by atoms with Crippen LogP contribution in [0.5, 0.6) is 5.75 Å². The van der Waals surface area contributed by atoms with Gasteiger partial charge in [-0.2, -0.15) is 5.26 Å². The fraction of sp³-hybridized carbons (Fsp3) is 0.259. The number of hydrogen-bond donors (Lipinski definition) is 0. The quantitative estimate of drug-likeness (QED) is 0.347. The molecule has 0 radical (unpaired) electrons. The zero-order chi connectivity index (χ0) is 23.6. The molecule has 166 valence electrons. The summed E-state index contributed by atoms with van der Waals surface area (Å²) in [5, 5.41) is 10.6. The van der Waals surface area contributed by atoms with Gasteiger partial charge in [0.15, 0.2) is 11.6 Å². The van der Waals surface area contributed by atoms with Crippen molar-refractivity contribution in [3.05, 3.63) is 77.0 Å². The molecule has 33 heavy (non-hydrogen) atoms. The Labute approximate surface area is 197 Å². The summed E-state index contributed by atoms with van der Waals surface area (Å²) in [6, 6.07) is 18.7. The second kappa shape index (κ2) is 9.21. The molecule has 1 aromatic heterocycles. The Morgan fingerprint density at radius 1 is 1.09 bits per heavy atom. The summed E-state index contributed by atoms with van der Waals surface area (Å²) >= 11 is 1.25. The molecule has 5 nitrogen and oxygen atoms in total. The molecule has 0 atom stereocenters. The number of nitrogens with zero attached hydrogens (tertiary/aromatic N) is 2. The van der Waals surface area contributed by atoms with Gasteiger partial charge in [0, 0.05) is 23.1 Å². The van der Waals surface area contributed by atoms with E-state index in [0.717, 1.165) is 5.56 Å². The second-order valence-corrected chi connectivity index (χ2v) is 9.81. The molecule has 0 aliphatic heterocycles. The van der Waals surface area contributed by atoms with Gasteiger partial charge in [0.05, 0.1) is 24.1 Å². The number of rotatable bonds is 6. The highest BCUT2D eigenvalue weighted by atomic mass is 32.2. The van der Waals surface area contributed by atoms with Crippen molar-refractivity contribution in [2.75, 3.05) is 12.9 Å². The average Bonchev–Trinajstić information content (AvgIpc) is 2.81. The van der Waals surface area contributed by atoms with Crippen LogP contribution in [0.4, 0.5) is 0 Å². The highest BCUT2D eigenvalue weighted by Crippen LogP contribution is 2.42. The van der Waals surface area contributed by atoms with E-state index in [4.69, 9.17) is 9.72 Å². The monoisotopic (exact) mass is 456 g/mol. The summed E-state index contributed by atoms with van der Waals surface area (Å²) < 4.78 is 5.27. The number of fused-ring (bicyclic) bond motifs is 1. The lowest BCUT2D eigenvalue weighted by atomic mass is 9.73. The van der Waals surface area contributed by atoms with E-state index < -0.39 is 0 Å². The van der Waals surface area contributed by atoms with Gasteiger partial charge in [-0.05, 0) is 29.5 Å². The van der Waals surface area contributed by atoms with Crippen molar-refractivity contribution in [3.63, 3.8) is 0 Å². The molecule has 3 aromatic rings. The molecule has 6 heteroatoms. The van der Waals surface area contributed by atoms with Crippen molar-refractivity contribution in [3.8, 4) is 22.9 Å². The van der Waals surface area contributed by atoms with Gasteiger partial charge in [-0.25, -0.2) is 4.98 Å². The number of carbonyl (C=O) groups excluding carboxylic acids is 2. The molecule has 0 spiro atoms. The number of aromatic nitrogens is 1. The van der Waals surface area contributed by atoms with Crippen molar-refractivity contribution in [2.45, 2.75) is 31.7 Å². The molecule has 0 N–H and O–H groups in total. The van der Waals surface area contributed by atoms with Crippen LogP contribution in [-0.4, -0.2) is 29.4 Å². The third kappa shape index (κ3) is 4.69. The lowest BCUT2D eigenvalue weighted by molar-refractivity contribution is 0.0909. The van der Waals surface area contributed by atoms with Crippen molar-refractivity contribution in [1.29, 1.82) is 5.26 Å². The number of thioether (sulfide) groups is 1. The van der Waals surface area contributed by atoms with E-state index in [2.05, 4.69) is 6.07 Å². The van der Waals surface area contributed by atoms with Crippen LogP contribution >= 0.6 is 11.8 Å². The number of carbonyl (C=O) groups is 2. The summed E-state index contributed by atoms with van der Waals surface area (Å²) in [4.78, 5) is 30.7. The van der Waals surface area contributed by atoms with E-state index in [-0.39, 0.29) is 22.7 Å². The lowest BCUT2D eigenvalue weighted by Crippen LogP contribution is -2.29. The molecule has 1 aliphatic rings. The van der Waals surface area contributed by atoms with Gasteiger partial charge < -0.3 is 4.74 Å². The Hall–Kier alpha value is -3.43. The maximum Gasteiger partial charge on any atom is 0.173 e. The van der Waals surface area contributed by atoms with Crippen molar-refractivity contribution in [2.24, 2.45) is 5.41 Å². The standard InChI is InChI=1S/C27H24N2O3S/c1-27(2)13-21-25(22(30)14-27)24(18-9-11-19(32-3)12-10-18)20(15-28)26(29-21)33-16-23(31)17-7-5-4-6-8-17/h4-12H,13-14,16H2,1-3H3. The van der Waals surface area contributed by atoms with Gasteiger partial charge in [-0.1, -0.05) is 68.1 Å². The van der Waals surface area contributed by atoms with Gasteiger partial charge in [-0.3, -0.25) is 9.59 Å². The molecule has 1 aliphatic carbocycles. The fourth-order valence-electron chi connectivity index (χ4n) is 4.17. The molecule has 0 fully saturated rings. The summed E-state index contributed by atoms with van der Waals surface area (Å²) in [6.07, 6.45) is 1.03. The van der Waals surface area contributed by atoms with Crippen molar-refractivity contribution < 1.29 is 14.3 Å². The Kier molecular flexibility index (Phi) is 6.35. The molecule has 0 bridgehead atoms. The highest BCUT2D eigenvalue weighted by Gasteiger charge is 2.36. The average molecular weight is 457 g/mol. The summed E-state index contributed by atoms with van der Waals surface area (Å²) in [5.74, 6) is 0.805. The lowest BCUT2D eigenvalue weighted by Gasteiger charge is -2.31. The fourth-order valence-corrected chi connectivity index (χ4v) is 5.07. The first-order valence-electron chi connectivity index (χ1n) is 10.7. The van der Waals surface area contributed by atoms with Crippen LogP contribution in [0.3, 0.4) is 0 Å². The predicted molar refractivity (Wildman–Crippen MR) is 129 cm³/mol. The molecule has 2 aromatic carbocycles. The maximum absolute atomic E-state index is 13.2. The predicted octanol–water partition coefficient (Wildman–Crippen LogP) is 5.76. The van der Waals surface area contributed by atoms with Crippen LogP contribution in [-0.2, 0) is 6.42 Å². The van der Waals surface area contributed by atoms with Gasteiger partial charge in [-0.15, -0.1) is 0 Å². The first kappa shape index (κ1) is 22.8. The molecule has 0 amide bonds.